The van der Waals surface area contributed by atoms with Crippen LogP contribution in [0.5, 0.6) is 0 Å². The molecule has 2 rings (SSSR count). The summed E-state index contributed by atoms with van der Waals surface area (Å²) in [6.45, 7) is 10.7. The molecule has 0 spiro atoms. The maximum Gasteiger partial charge on any atom is 0.130 e. The maximum atomic E-state index is 5.80. The van der Waals surface area contributed by atoms with Crippen LogP contribution in [-0.4, -0.2) is 4.98 Å². The van der Waals surface area contributed by atoms with Gasteiger partial charge in [-0.25, -0.2) is 4.98 Å². The fourth-order valence-corrected chi connectivity index (χ4v) is 2.00. The van der Waals surface area contributed by atoms with Gasteiger partial charge < -0.3 is 11.1 Å². The second-order valence-electron chi connectivity index (χ2n) is 6.28. The molecular weight excluding hydrogens is 246 g/mol. The molecule has 1 aromatic heterocycles. The normalized spacial score (nSPS) is 11.4. The Hall–Kier alpha value is -2.03. The molecular formula is C17H23N3. The third-order valence-corrected chi connectivity index (χ3v) is 3.49. The summed E-state index contributed by atoms with van der Waals surface area (Å²) in [6, 6.07) is 10.3. The lowest BCUT2D eigenvalue weighted by Crippen LogP contribution is -2.11. The van der Waals surface area contributed by atoms with Crippen LogP contribution in [-0.2, 0) is 5.41 Å². The molecule has 0 bridgehead atoms. The fraction of sp³-hybridized carbons (Fsp3) is 0.353. The van der Waals surface area contributed by atoms with Crippen molar-refractivity contribution in [2.75, 3.05) is 11.1 Å². The highest BCUT2D eigenvalue weighted by Crippen LogP contribution is 2.28. The Morgan fingerprint density at radius 2 is 1.75 bits per heavy atom. The lowest BCUT2D eigenvalue weighted by Gasteiger charge is -2.21. The van der Waals surface area contributed by atoms with Gasteiger partial charge in [0.05, 0.1) is 11.4 Å². The lowest BCUT2D eigenvalue weighted by atomic mass is 9.86. The Labute approximate surface area is 121 Å². The average Bonchev–Trinajstić information content (AvgIpc) is 2.35. The molecule has 0 saturated carbocycles. The van der Waals surface area contributed by atoms with E-state index in [1.807, 2.05) is 19.1 Å². The Morgan fingerprint density at radius 1 is 1.05 bits per heavy atom. The van der Waals surface area contributed by atoms with E-state index >= 15 is 0 Å². The van der Waals surface area contributed by atoms with Crippen molar-refractivity contribution in [3.05, 3.63) is 47.2 Å². The Balaban J connectivity index is 2.35. The summed E-state index contributed by atoms with van der Waals surface area (Å²) in [7, 11) is 0. The van der Waals surface area contributed by atoms with Gasteiger partial charge in [-0.15, -0.1) is 0 Å². The van der Waals surface area contributed by atoms with E-state index in [-0.39, 0.29) is 5.41 Å². The molecule has 0 amide bonds. The molecule has 0 unspecified atom stereocenters. The van der Waals surface area contributed by atoms with Crippen LogP contribution in [0.2, 0.25) is 0 Å². The zero-order valence-electron chi connectivity index (χ0n) is 12.9. The summed E-state index contributed by atoms with van der Waals surface area (Å²) in [5.41, 5.74) is 11.1. The zero-order chi connectivity index (χ0) is 14.9. The first-order valence-corrected chi connectivity index (χ1v) is 6.88. The minimum atomic E-state index is 0.134. The Kier molecular flexibility index (Phi) is 3.71. The number of benzene rings is 1. The predicted molar refractivity (Wildman–Crippen MR) is 86.5 cm³/mol. The van der Waals surface area contributed by atoms with E-state index in [9.17, 15) is 0 Å². The number of rotatable bonds is 2. The van der Waals surface area contributed by atoms with E-state index in [1.54, 1.807) is 0 Å². The highest BCUT2D eigenvalue weighted by Gasteiger charge is 2.14. The minimum absolute atomic E-state index is 0.134. The first-order chi connectivity index (χ1) is 9.27. The van der Waals surface area contributed by atoms with Gasteiger partial charge >= 0.3 is 0 Å². The number of anilines is 3. The van der Waals surface area contributed by atoms with Crippen LogP contribution in [0, 0.1) is 13.8 Å². The van der Waals surface area contributed by atoms with Crippen LogP contribution in [0.4, 0.5) is 17.2 Å². The summed E-state index contributed by atoms with van der Waals surface area (Å²) in [4.78, 5) is 4.46. The molecule has 0 fully saturated rings. The van der Waals surface area contributed by atoms with Gasteiger partial charge in [0.25, 0.3) is 0 Å². The topological polar surface area (TPSA) is 50.9 Å². The molecule has 1 heterocycles. The molecule has 20 heavy (non-hydrogen) atoms. The summed E-state index contributed by atoms with van der Waals surface area (Å²) >= 11 is 0. The molecule has 0 saturated heterocycles. The van der Waals surface area contributed by atoms with E-state index in [1.165, 1.54) is 11.1 Å². The number of hydrogen-bond acceptors (Lipinski definition) is 3. The number of hydrogen-bond donors (Lipinski definition) is 2. The van der Waals surface area contributed by atoms with Gasteiger partial charge in [-0.3, -0.25) is 0 Å². The standard InChI is InChI=1S/C17H23N3/c1-11-6-7-13(17(3,4)5)10-15(11)20-16-9-8-14(18)12(2)19-16/h6-10H,18H2,1-5H3,(H,19,20). The second-order valence-corrected chi connectivity index (χ2v) is 6.28. The van der Waals surface area contributed by atoms with Crippen molar-refractivity contribution in [1.82, 2.24) is 4.98 Å². The van der Waals surface area contributed by atoms with Crippen LogP contribution in [0.15, 0.2) is 30.3 Å². The first kappa shape index (κ1) is 14.4. The number of pyridine rings is 1. The van der Waals surface area contributed by atoms with Gasteiger partial charge in [-0.05, 0) is 48.6 Å². The molecule has 0 aliphatic heterocycles. The van der Waals surface area contributed by atoms with E-state index in [0.29, 0.717) is 0 Å². The Morgan fingerprint density at radius 3 is 2.35 bits per heavy atom. The van der Waals surface area contributed by atoms with Gasteiger partial charge in [-0.1, -0.05) is 32.9 Å². The van der Waals surface area contributed by atoms with Crippen molar-refractivity contribution < 1.29 is 0 Å². The van der Waals surface area contributed by atoms with E-state index in [4.69, 9.17) is 5.73 Å². The summed E-state index contributed by atoms with van der Waals surface area (Å²) in [5, 5.41) is 3.39. The third-order valence-electron chi connectivity index (χ3n) is 3.49. The summed E-state index contributed by atoms with van der Waals surface area (Å²) in [6.07, 6.45) is 0. The first-order valence-electron chi connectivity index (χ1n) is 6.88. The number of nitrogens with one attached hydrogen (secondary N) is 1. The molecule has 0 aliphatic rings. The highest BCUT2D eigenvalue weighted by atomic mass is 15.0. The maximum absolute atomic E-state index is 5.80. The second kappa shape index (κ2) is 5.16. The van der Waals surface area contributed by atoms with Crippen molar-refractivity contribution in [3.63, 3.8) is 0 Å². The van der Waals surface area contributed by atoms with Gasteiger partial charge in [0.1, 0.15) is 5.82 Å². The SMILES string of the molecule is Cc1ccc(C(C)(C)C)cc1Nc1ccc(N)c(C)n1. The van der Waals surface area contributed by atoms with Crippen LogP contribution >= 0.6 is 0 Å². The summed E-state index contributed by atoms with van der Waals surface area (Å²) < 4.78 is 0. The van der Waals surface area contributed by atoms with Crippen molar-refractivity contribution in [2.24, 2.45) is 0 Å². The Bertz CT molecular complexity index is 625. The van der Waals surface area contributed by atoms with Crippen molar-refractivity contribution in [3.8, 4) is 0 Å². The zero-order valence-corrected chi connectivity index (χ0v) is 12.9. The van der Waals surface area contributed by atoms with Crippen LogP contribution in [0.1, 0.15) is 37.6 Å². The minimum Gasteiger partial charge on any atom is -0.397 e. The lowest BCUT2D eigenvalue weighted by molar-refractivity contribution is 0.590. The third kappa shape index (κ3) is 3.10. The molecule has 3 N–H and O–H groups in total. The predicted octanol–water partition coefficient (Wildman–Crippen LogP) is 4.32. The van der Waals surface area contributed by atoms with Crippen LogP contribution in [0.25, 0.3) is 0 Å². The fourth-order valence-electron chi connectivity index (χ4n) is 2.00. The number of aryl methyl sites for hydroxylation is 2. The van der Waals surface area contributed by atoms with E-state index < -0.39 is 0 Å². The number of nitrogens with zero attached hydrogens (tertiary/aromatic N) is 1. The largest absolute Gasteiger partial charge is 0.397 e. The molecule has 1 aromatic carbocycles. The van der Waals surface area contributed by atoms with Gasteiger partial charge in [0, 0.05) is 5.69 Å². The number of nitrogens with two attached hydrogens (primary N) is 1. The summed E-state index contributed by atoms with van der Waals surface area (Å²) in [5.74, 6) is 0.825. The van der Waals surface area contributed by atoms with E-state index in [2.05, 4.69) is 56.2 Å². The van der Waals surface area contributed by atoms with Crippen LogP contribution < -0.4 is 11.1 Å². The molecule has 0 aliphatic carbocycles. The van der Waals surface area contributed by atoms with Gasteiger partial charge in [-0.2, -0.15) is 0 Å². The highest BCUT2D eigenvalue weighted by molar-refractivity contribution is 5.63. The van der Waals surface area contributed by atoms with E-state index in [0.717, 1.165) is 22.9 Å². The van der Waals surface area contributed by atoms with Gasteiger partial charge in [0.2, 0.25) is 0 Å². The van der Waals surface area contributed by atoms with Crippen molar-refractivity contribution >= 4 is 17.2 Å². The quantitative estimate of drug-likeness (QED) is 0.853. The molecule has 0 atom stereocenters. The number of nitrogen functional groups attached to an aromatic ring is 1. The van der Waals surface area contributed by atoms with Crippen molar-refractivity contribution in [1.29, 1.82) is 0 Å². The molecule has 2 aromatic rings. The average molecular weight is 269 g/mol. The van der Waals surface area contributed by atoms with Gasteiger partial charge in [0.15, 0.2) is 0 Å². The van der Waals surface area contributed by atoms with Crippen LogP contribution in [0.3, 0.4) is 0 Å². The smallest absolute Gasteiger partial charge is 0.130 e. The molecule has 0 radical (unpaired) electrons. The van der Waals surface area contributed by atoms with Crippen molar-refractivity contribution in [2.45, 2.75) is 40.0 Å². The molecule has 3 heteroatoms. The monoisotopic (exact) mass is 269 g/mol. The molecule has 106 valence electrons. The number of aromatic nitrogens is 1. The molecule has 3 nitrogen and oxygen atoms in total.